The molecule has 0 unspecified atom stereocenters. The Bertz CT molecular complexity index is 339. The van der Waals surface area contributed by atoms with E-state index in [0.29, 0.717) is 0 Å². The lowest BCUT2D eigenvalue weighted by Crippen LogP contribution is -2.42. The molecule has 4 nitrogen and oxygen atoms in total. The van der Waals surface area contributed by atoms with Crippen LogP contribution in [0.1, 0.15) is 12.5 Å². The molecule has 1 aromatic heterocycles. The first-order chi connectivity index (χ1) is 5.96. The second kappa shape index (κ2) is 3.10. The highest BCUT2D eigenvalue weighted by atomic mass is 19.1. The Kier molecular flexibility index (Phi) is 2.29. The van der Waals surface area contributed by atoms with Crippen LogP contribution in [0.3, 0.4) is 0 Å². The molecule has 70 valence electrons. The number of carboxylic acids is 1. The van der Waals surface area contributed by atoms with Gasteiger partial charge in [0.15, 0.2) is 0 Å². The normalized spacial score (nSPS) is 15.0. The van der Waals surface area contributed by atoms with Crippen molar-refractivity contribution < 1.29 is 14.3 Å². The number of carbonyl (C=O) groups is 1. The maximum atomic E-state index is 13.0. The van der Waals surface area contributed by atoms with E-state index >= 15 is 0 Å². The van der Waals surface area contributed by atoms with Crippen LogP contribution in [0.2, 0.25) is 0 Å². The summed E-state index contributed by atoms with van der Waals surface area (Å²) in [6.07, 6.45) is 1.23. The Hall–Kier alpha value is -1.49. The van der Waals surface area contributed by atoms with Crippen LogP contribution < -0.4 is 5.73 Å². The number of nitrogens with zero attached hydrogens (tertiary/aromatic N) is 1. The van der Waals surface area contributed by atoms with Crippen molar-refractivity contribution in [1.29, 1.82) is 0 Å². The smallest absolute Gasteiger partial charge is 0.328 e. The highest BCUT2D eigenvalue weighted by Gasteiger charge is 2.33. The molecule has 0 aliphatic heterocycles. The summed E-state index contributed by atoms with van der Waals surface area (Å²) in [4.78, 5) is 14.0. The second-order valence-electron chi connectivity index (χ2n) is 2.85. The zero-order valence-electron chi connectivity index (χ0n) is 6.99. The molecule has 0 fully saturated rings. The van der Waals surface area contributed by atoms with E-state index in [1.807, 2.05) is 0 Å². The molecule has 0 saturated carbocycles. The zero-order chi connectivity index (χ0) is 10.1. The van der Waals surface area contributed by atoms with Gasteiger partial charge < -0.3 is 10.8 Å². The summed E-state index contributed by atoms with van der Waals surface area (Å²) in [5.74, 6) is -2.14. The molecule has 1 rings (SSSR count). The van der Waals surface area contributed by atoms with Crippen LogP contribution in [0.4, 0.5) is 4.39 Å². The Balaban J connectivity index is 3.22. The SMILES string of the molecule is C[C@@](N)(C(=O)O)c1cccnc1F. The van der Waals surface area contributed by atoms with Gasteiger partial charge in [-0.3, -0.25) is 0 Å². The highest BCUT2D eigenvalue weighted by molar-refractivity contribution is 5.79. The predicted octanol–water partition coefficient (Wildman–Crippen LogP) is 0.479. The third-order valence-corrected chi connectivity index (χ3v) is 1.76. The fourth-order valence-electron chi connectivity index (χ4n) is 0.889. The van der Waals surface area contributed by atoms with E-state index in [1.165, 1.54) is 25.3 Å². The van der Waals surface area contributed by atoms with Gasteiger partial charge >= 0.3 is 5.97 Å². The van der Waals surface area contributed by atoms with Crippen molar-refractivity contribution in [2.45, 2.75) is 12.5 Å². The van der Waals surface area contributed by atoms with Crippen LogP contribution in [0.15, 0.2) is 18.3 Å². The summed E-state index contributed by atoms with van der Waals surface area (Å²) >= 11 is 0. The molecule has 1 aromatic rings. The van der Waals surface area contributed by atoms with E-state index in [1.54, 1.807) is 0 Å². The first kappa shape index (κ1) is 9.60. The van der Waals surface area contributed by atoms with E-state index in [-0.39, 0.29) is 5.56 Å². The van der Waals surface area contributed by atoms with Crippen molar-refractivity contribution in [3.8, 4) is 0 Å². The van der Waals surface area contributed by atoms with Gasteiger partial charge in [0.2, 0.25) is 5.95 Å². The summed E-state index contributed by atoms with van der Waals surface area (Å²) < 4.78 is 13.0. The van der Waals surface area contributed by atoms with Crippen LogP contribution in [-0.4, -0.2) is 16.1 Å². The molecule has 0 radical (unpaired) electrons. The molecule has 3 N–H and O–H groups in total. The first-order valence-electron chi connectivity index (χ1n) is 3.59. The number of hydrogen-bond acceptors (Lipinski definition) is 3. The van der Waals surface area contributed by atoms with Gasteiger partial charge in [0, 0.05) is 11.8 Å². The van der Waals surface area contributed by atoms with Crippen LogP contribution in [0.5, 0.6) is 0 Å². The van der Waals surface area contributed by atoms with Crippen molar-refractivity contribution in [3.63, 3.8) is 0 Å². The average molecular weight is 184 g/mol. The van der Waals surface area contributed by atoms with Crippen LogP contribution in [0, 0.1) is 5.95 Å². The number of carboxylic acid groups (broad SMARTS) is 1. The summed E-state index contributed by atoms with van der Waals surface area (Å²) in [7, 11) is 0. The van der Waals surface area contributed by atoms with E-state index < -0.39 is 17.5 Å². The maximum absolute atomic E-state index is 13.0. The number of halogens is 1. The number of aliphatic carboxylic acids is 1. The molecule has 0 aromatic carbocycles. The van der Waals surface area contributed by atoms with Gasteiger partial charge in [-0.05, 0) is 13.0 Å². The van der Waals surface area contributed by atoms with E-state index in [4.69, 9.17) is 10.8 Å². The zero-order valence-corrected chi connectivity index (χ0v) is 6.99. The number of pyridine rings is 1. The molecule has 0 bridgehead atoms. The fraction of sp³-hybridized carbons (Fsp3) is 0.250. The van der Waals surface area contributed by atoms with E-state index in [9.17, 15) is 9.18 Å². The third kappa shape index (κ3) is 1.65. The average Bonchev–Trinajstić information content (AvgIpc) is 2.04. The first-order valence-corrected chi connectivity index (χ1v) is 3.59. The van der Waals surface area contributed by atoms with Gasteiger partial charge in [-0.25, -0.2) is 9.78 Å². The molecular weight excluding hydrogens is 175 g/mol. The van der Waals surface area contributed by atoms with Crippen molar-refractivity contribution in [1.82, 2.24) is 4.98 Å². The predicted molar refractivity (Wildman–Crippen MR) is 43.4 cm³/mol. The Morgan fingerprint density at radius 2 is 2.38 bits per heavy atom. The molecule has 0 amide bonds. The standard InChI is InChI=1S/C8H9FN2O2/c1-8(10,7(12)13)5-3-2-4-11-6(5)9/h2-4H,10H2,1H3,(H,12,13)/t8-/m0/s1. The lowest BCUT2D eigenvalue weighted by molar-refractivity contribution is -0.143. The molecule has 0 saturated heterocycles. The van der Waals surface area contributed by atoms with Gasteiger partial charge in [0.1, 0.15) is 5.54 Å². The molecule has 0 aliphatic rings. The number of rotatable bonds is 2. The Morgan fingerprint density at radius 3 is 2.85 bits per heavy atom. The topological polar surface area (TPSA) is 76.2 Å². The number of nitrogens with two attached hydrogens (primary N) is 1. The minimum absolute atomic E-state index is 0.123. The molecular formula is C8H9FN2O2. The minimum Gasteiger partial charge on any atom is -0.480 e. The summed E-state index contributed by atoms with van der Waals surface area (Å²) in [6, 6.07) is 2.74. The van der Waals surface area contributed by atoms with E-state index in [0.717, 1.165) is 0 Å². The quantitative estimate of drug-likeness (QED) is 0.655. The van der Waals surface area contributed by atoms with Crippen LogP contribution in [-0.2, 0) is 10.3 Å². The Morgan fingerprint density at radius 1 is 1.77 bits per heavy atom. The van der Waals surface area contributed by atoms with Crippen molar-refractivity contribution in [2.24, 2.45) is 5.73 Å². The van der Waals surface area contributed by atoms with Gasteiger partial charge in [-0.15, -0.1) is 0 Å². The summed E-state index contributed by atoms with van der Waals surface area (Å²) in [6.45, 7) is 1.22. The molecule has 0 aliphatic carbocycles. The van der Waals surface area contributed by atoms with Gasteiger partial charge in [-0.1, -0.05) is 6.07 Å². The third-order valence-electron chi connectivity index (χ3n) is 1.76. The molecule has 0 spiro atoms. The largest absolute Gasteiger partial charge is 0.480 e. The van der Waals surface area contributed by atoms with Gasteiger partial charge in [0.25, 0.3) is 0 Å². The van der Waals surface area contributed by atoms with Crippen molar-refractivity contribution >= 4 is 5.97 Å². The van der Waals surface area contributed by atoms with E-state index in [2.05, 4.69) is 4.98 Å². The minimum atomic E-state index is -1.74. The fourth-order valence-corrected chi connectivity index (χ4v) is 0.889. The molecule has 1 heterocycles. The number of hydrogen-bond donors (Lipinski definition) is 2. The monoisotopic (exact) mass is 184 g/mol. The summed E-state index contributed by atoms with van der Waals surface area (Å²) in [5.41, 5.74) is 3.54. The van der Waals surface area contributed by atoms with Crippen LogP contribution in [0.25, 0.3) is 0 Å². The number of aromatic nitrogens is 1. The summed E-state index contributed by atoms with van der Waals surface area (Å²) in [5, 5.41) is 8.70. The molecule has 5 heteroatoms. The van der Waals surface area contributed by atoms with Gasteiger partial charge in [-0.2, -0.15) is 4.39 Å². The maximum Gasteiger partial charge on any atom is 0.328 e. The Labute approximate surface area is 74.2 Å². The lowest BCUT2D eigenvalue weighted by Gasteiger charge is -2.19. The van der Waals surface area contributed by atoms with Gasteiger partial charge in [0.05, 0.1) is 0 Å². The van der Waals surface area contributed by atoms with Crippen LogP contribution >= 0.6 is 0 Å². The highest BCUT2D eigenvalue weighted by Crippen LogP contribution is 2.19. The van der Waals surface area contributed by atoms with Crippen molar-refractivity contribution in [2.75, 3.05) is 0 Å². The van der Waals surface area contributed by atoms with Crippen molar-refractivity contribution in [3.05, 3.63) is 29.8 Å². The lowest BCUT2D eigenvalue weighted by atomic mass is 9.95. The molecule has 13 heavy (non-hydrogen) atoms. The second-order valence-corrected chi connectivity index (χ2v) is 2.85. The molecule has 1 atom stereocenters.